The summed E-state index contributed by atoms with van der Waals surface area (Å²) in [5, 5.41) is 9.10. The van der Waals surface area contributed by atoms with Crippen LogP contribution in [0.1, 0.15) is 5.76 Å². The van der Waals surface area contributed by atoms with Crippen LogP contribution in [0.4, 0.5) is 17.6 Å². The molecule has 0 fully saturated rings. The Labute approximate surface area is 164 Å². The highest BCUT2D eigenvalue weighted by atomic mass is 19.2. The molecule has 12 heteroatoms. The first kappa shape index (κ1) is 18.1. The van der Waals surface area contributed by atoms with Crippen molar-refractivity contribution in [2.75, 3.05) is 0 Å². The molecule has 0 aliphatic rings. The molecule has 0 saturated heterocycles. The van der Waals surface area contributed by atoms with Crippen LogP contribution in [0.3, 0.4) is 0 Å². The zero-order valence-electron chi connectivity index (χ0n) is 15.1. The van der Waals surface area contributed by atoms with E-state index in [1.807, 2.05) is 0 Å². The molecule has 0 atom stereocenters. The van der Waals surface area contributed by atoms with Gasteiger partial charge in [0, 0.05) is 13.1 Å². The molecular formula is C18H10F4N6O2. The number of aryl methyl sites for hydroxylation is 1. The van der Waals surface area contributed by atoms with E-state index in [2.05, 4.69) is 20.2 Å². The third kappa shape index (κ3) is 2.76. The molecule has 0 saturated carbocycles. The van der Waals surface area contributed by atoms with Gasteiger partial charge < -0.3 is 9.15 Å². The van der Waals surface area contributed by atoms with Gasteiger partial charge in [0.1, 0.15) is 18.7 Å². The molecule has 152 valence electrons. The average molecular weight is 418 g/mol. The first-order valence-electron chi connectivity index (χ1n) is 8.50. The first-order valence-corrected chi connectivity index (χ1v) is 8.50. The van der Waals surface area contributed by atoms with Crippen molar-refractivity contribution in [1.29, 1.82) is 0 Å². The van der Waals surface area contributed by atoms with Crippen molar-refractivity contribution in [1.82, 2.24) is 29.4 Å². The zero-order valence-corrected chi connectivity index (χ0v) is 15.1. The molecule has 0 aliphatic carbocycles. The molecule has 4 aromatic heterocycles. The number of rotatable bonds is 4. The lowest BCUT2D eigenvalue weighted by molar-refractivity contribution is 0.238. The van der Waals surface area contributed by atoms with Gasteiger partial charge in [-0.25, -0.2) is 23.3 Å². The van der Waals surface area contributed by atoms with E-state index in [4.69, 9.17) is 9.15 Å². The molecule has 0 aliphatic heterocycles. The molecule has 0 radical (unpaired) electrons. The van der Waals surface area contributed by atoms with E-state index in [9.17, 15) is 17.6 Å². The van der Waals surface area contributed by atoms with Crippen LogP contribution in [0.15, 0.2) is 35.1 Å². The number of fused-ring (bicyclic) bond motifs is 3. The Morgan fingerprint density at radius 2 is 1.83 bits per heavy atom. The molecule has 5 rings (SSSR count). The van der Waals surface area contributed by atoms with E-state index in [1.165, 1.54) is 23.0 Å². The molecule has 5 aromatic rings. The SMILES string of the molecule is Cn1ncc2c1ncn1nc(-c3ccc(COc4c(F)c(F)cc(F)c4F)o3)nc21. The number of ether oxygens (including phenoxy) is 1. The summed E-state index contributed by atoms with van der Waals surface area (Å²) in [7, 11) is 1.75. The van der Waals surface area contributed by atoms with Crippen molar-refractivity contribution in [2.24, 2.45) is 7.05 Å². The van der Waals surface area contributed by atoms with Crippen LogP contribution in [-0.2, 0) is 13.7 Å². The lowest BCUT2D eigenvalue weighted by atomic mass is 10.3. The van der Waals surface area contributed by atoms with Crippen LogP contribution in [0, 0.1) is 23.3 Å². The topological polar surface area (TPSA) is 83.3 Å². The van der Waals surface area contributed by atoms with Crippen LogP contribution < -0.4 is 4.74 Å². The van der Waals surface area contributed by atoms with Crippen molar-refractivity contribution < 1.29 is 26.7 Å². The molecule has 0 spiro atoms. The Morgan fingerprint density at radius 3 is 2.60 bits per heavy atom. The lowest BCUT2D eigenvalue weighted by Crippen LogP contribution is -2.03. The summed E-state index contributed by atoms with van der Waals surface area (Å²) in [5.74, 6) is -6.93. The normalized spacial score (nSPS) is 11.6. The molecule has 0 N–H and O–H groups in total. The smallest absolute Gasteiger partial charge is 0.217 e. The summed E-state index contributed by atoms with van der Waals surface area (Å²) in [4.78, 5) is 8.67. The second kappa shape index (κ2) is 6.54. The largest absolute Gasteiger partial charge is 0.479 e. The number of halogens is 4. The Bertz CT molecular complexity index is 1400. The zero-order chi connectivity index (χ0) is 21.0. The minimum atomic E-state index is -1.63. The standard InChI is InChI=1S/C18H10F4N6O2/c1-27-17-9(5-24-27)18-25-16(26-28(18)7-23-17)12-3-2-8(30-12)6-29-15-13(21)10(19)4-11(20)14(15)22/h2-5,7H,6H2,1H3. The van der Waals surface area contributed by atoms with Gasteiger partial charge in [-0.1, -0.05) is 0 Å². The highest BCUT2D eigenvalue weighted by molar-refractivity contribution is 5.88. The third-order valence-electron chi connectivity index (χ3n) is 4.38. The second-order valence-electron chi connectivity index (χ2n) is 6.31. The molecule has 1 aromatic carbocycles. The van der Waals surface area contributed by atoms with Gasteiger partial charge in [-0.3, -0.25) is 4.68 Å². The molecule has 30 heavy (non-hydrogen) atoms. The van der Waals surface area contributed by atoms with Crippen molar-refractivity contribution in [3.63, 3.8) is 0 Å². The maximum absolute atomic E-state index is 13.7. The molecule has 0 bridgehead atoms. The minimum Gasteiger partial charge on any atom is -0.479 e. The van der Waals surface area contributed by atoms with E-state index in [1.54, 1.807) is 17.9 Å². The average Bonchev–Trinajstić information content (AvgIpc) is 3.44. The minimum absolute atomic E-state index is 0.103. The van der Waals surface area contributed by atoms with Crippen LogP contribution in [-0.4, -0.2) is 29.4 Å². The van der Waals surface area contributed by atoms with E-state index < -0.39 is 35.6 Å². The summed E-state index contributed by atoms with van der Waals surface area (Å²) in [5.41, 5.74) is 1.14. The predicted molar refractivity (Wildman–Crippen MR) is 93.4 cm³/mol. The van der Waals surface area contributed by atoms with Gasteiger partial charge in [0.05, 0.1) is 11.6 Å². The number of hydrogen-bond donors (Lipinski definition) is 0. The number of nitrogens with zero attached hydrogens (tertiary/aromatic N) is 6. The number of benzene rings is 1. The third-order valence-corrected chi connectivity index (χ3v) is 4.38. The summed E-state index contributed by atoms with van der Waals surface area (Å²) in [6, 6.07) is 3.09. The Balaban J connectivity index is 1.43. The Kier molecular flexibility index (Phi) is 3.94. The highest BCUT2D eigenvalue weighted by Crippen LogP contribution is 2.28. The van der Waals surface area contributed by atoms with Gasteiger partial charge in [-0.2, -0.15) is 13.9 Å². The van der Waals surface area contributed by atoms with Gasteiger partial charge in [0.25, 0.3) is 0 Å². The number of furan rings is 1. The Hall–Kier alpha value is -3.96. The molecule has 0 unspecified atom stereocenters. The number of aromatic nitrogens is 6. The molecular weight excluding hydrogens is 408 g/mol. The molecule has 0 amide bonds. The van der Waals surface area contributed by atoms with Crippen LogP contribution >= 0.6 is 0 Å². The Morgan fingerprint density at radius 1 is 1.07 bits per heavy atom. The first-order chi connectivity index (χ1) is 14.4. The summed E-state index contributed by atoms with van der Waals surface area (Å²) in [6.07, 6.45) is 3.09. The monoisotopic (exact) mass is 418 g/mol. The summed E-state index contributed by atoms with van der Waals surface area (Å²) in [6.45, 7) is -0.474. The maximum atomic E-state index is 13.7. The van der Waals surface area contributed by atoms with Crippen LogP contribution in [0.25, 0.3) is 28.3 Å². The van der Waals surface area contributed by atoms with Gasteiger partial charge in [0.2, 0.25) is 17.5 Å². The second-order valence-corrected chi connectivity index (χ2v) is 6.31. The lowest BCUT2D eigenvalue weighted by Gasteiger charge is -2.08. The fourth-order valence-electron chi connectivity index (χ4n) is 2.94. The van der Waals surface area contributed by atoms with Gasteiger partial charge >= 0.3 is 0 Å². The van der Waals surface area contributed by atoms with Gasteiger partial charge in [-0.15, -0.1) is 5.10 Å². The molecule has 8 nitrogen and oxygen atoms in total. The van der Waals surface area contributed by atoms with E-state index in [0.717, 1.165) is 0 Å². The fourth-order valence-corrected chi connectivity index (χ4v) is 2.94. The van der Waals surface area contributed by atoms with Crippen LogP contribution in [0.5, 0.6) is 5.75 Å². The maximum Gasteiger partial charge on any atom is 0.217 e. The van der Waals surface area contributed by atoms with Crippen molar-refractivity contribution in [3.8, 4) is 17.3 Å². The quantitative estimate of drug-likeness (QED) is 0.329. The number of hydrogen-bond acceptors (Lipinski definition) is 6. The van der Waals surface area contributed by atoms with E-state index in [0.29, 0.717) is 16.7 Å². The van der Waals surface area contributed by atoms with Crippen molar-refractivity contribution in [3.05, 3.63) is 59.8 Å². The van der Waals surface area contributed by atoms with Crippen molar-refractivity contribution in [2.45, 2.75) is 6.61 Å². The van der Waals surface area contributed by atoms with E-state index >= 15 is 0 Å². The molecule has 4 heterocycles. The van der Waals surface area contributed by atoms with Crippen LogP contribution in [0.2, 0.25) is 0 Å². The predicted octanol–water partition coefficient (Wildman–Crippen LogP) is 3.41. The summed E-state index contributed by atoms with van der Waals surface area (Å²) >= 11 is 0. The highest BCUT2D eigenvalue weighted by Gasteiger charge is 2.21. The van der Waals surface area contributed by atoms with Gasteiger partial charge in [-0.05, 0) is 12.1 Å². The fraction of sp³-hybridized carbons (Fsp3) is 0.111. The van der Waals surface area contributed by atoms with E-state index in [-0.39, 0.29) is 23.4 Å². The van der Waals surface area contributed by atoms with Gasteiger partial charge in [0.15, 0.2) is 34.4 Å². The summed E-state index contributed by atoms with van der Waals surface area (Å²) < 4.78 is 67.4. The van der Waals surface area contributed by atoms with Crippen molar-refractivity contribution >= 4 is 16.7 Å².